The van der Waals surface area contributed by atoms with Gasteiger partial charge in [0, 0.05) is 11.1 Å². The monoisotopic (exact) mass is 373 g/mol. The van der Waals surface area contributed by atoms with Gasteiger partial charge in [0.25, 0.3) is 0 Å². The van der Waals surface area contributed by atoms with Gasteiger partial charge in [-0.3, -0.25) is 0 Å². The van der Waals surface area contributed by atoms with Crippen LogP contribution in [0.3, 0.4) is 0 Å². The van der Waals surface area contributed by atoms with E-state index in [4.69, 9.17) is 20.9 Å². The molecule has 2 atom stereocenters. The smallest absolute Gasteiger partial charge is 0.199 e. The number of halogens is 1. The normalized spacial score (nSPS) is 14.9. The molecule has 1 aromatic carbocycles. The first-order chi connectivity index (χ1) is 11.1. The van der Waals surface area contributed by atoms with Gasteiger partial charge in [-0.05, 0) is 50.1 Å². The van der Waals surface area contributed by atoms with E-state index >= 15 is 0 Å². The van der Waals surface area contributed by atoms with E-state index in [2.05, 4.69) is 40.8 Å². The van der Waals surface area contributed by atoms with Crippen molar-refractivity contribution in [3.63, 3.8) is 0 Å². The third-order valence-electron chi connectivity index (χ3n) is 3.37. The van der Waals surface area contributed by atoms with Crippen molar-refractivity contribution >= 4 is 20.6 Å². The second kappa shape index (κ2) is 9.78. The number of aliphatic hydroxyl groups excluding tert-OH is 1. The molecule has 24 heavy (non-hydrogen) atoms. The maximum Gasteiger partial charge on any atom is 0.199 e. The summed E-state index contributed by atoms with van der Waals surface area (Å²) in [7, 11) is -1.24. The minimum absolute atomic E-state index is 0.210. The molecule has 1 aromatic rings. The first-order valence-corrected chi connectivity index (χ1v) is 11.7. The van der Waals surface area contributed by atoms with Crippen molar-refractivity contribution < 1.29 is 14.4 Å². The quantitative estimate of drug-likeness (QED) is 0.522. The van der Waals surface area contributed by atoms with Crippen LogP contribution in [0.2, 0.25) is 18.1 Å². The van der Waals surface area contributed by atoms with Gasteiger partial charge in [0.2, 0.25) is 0 Å². The molecular formula is C18H32ClNO3Si. The molecule has 0 heterocycles. The molecule has 6 heteroatoms. The average Bonchev–Trinajstić information content (AvgIpc) is 2.42. The Morgan fingerprint density at radius 2 is 1.96 bits per heavy atom. The van der Waals surface area contributed by atoms with E-state index in [0.29, 0.717) is 17.3 Å². The predicted octanol–water partition coefficient (Wildman–Crippen LogP) is 4.12. The Balaban J connectivity index is 2.58. The summed E-state index contributed by atoms with van der Waals surface area (Å²) in [4.78, 5) is 0. The van der Waals surface area contributed by atoms with Crippen LogP contribution in [-0.4, -0.2) is 44.5 Å². The molecule has 0 saturated carbocycles. The van der Waals surface area contributed by atoms with Crippen molar-refractivity contribution in [2.75, 3.05) is 13.2 Å². The average molecular weight is 374 g/mol. The summed E-state index contributed by atoms with van der Waals surface area (Å²) in [5.74, 6) is 0.662. The molecule has 0 aliphatic rings. The second-order valence-corrected chi connectivity index (χ2v) is 10.5. The Hall–Kier alpha value is -0.593. The van der Waals surface area contributed by atoms with Crippen LogP contribution in [0.5, 0.6) is 5.75 Å². The summed E-state index contributed by atoms with van der Waals surface area (Å²) in [5.41, 5.74) is 0.210. The predicted molar refractivity (Wildman–Crippen MR) is 103 cm³/mol. The summed E-state index contributed by atoms with van der Waals surface area (Å²) in [5, 5.41) is 12.9. The number of hydroxylamine groups is 2. The lowest BCUT2D eigenvalue weighted by molar-refractivity contribution is -0.127. The third-order valence-corrected chi connectivity index (χ3v) is 4.30. The Bertz CT molecular complexity index is 493. The minimum atomic E-state index is -1.24. The summed E-state index contributed by atoms with van der Waals surface area (Å²) < 4.78 is 11.7. The Labute approximate surface area is 153 Å². The number of benzene rings is 1. The van der Waals surface area contributed by atoms with Crippen molar-refractivity contribution in [2.45, 2.75) is 59.4 Å². The van der Waals surface area contributed by atoms with Gasteiger partial charge < -0.3 is 14.4 Å². The third kappa shape index (κ3) is 9.04. The van der Waals surface area contributed by atoms with Crippen molar-refractivity contribution in [3.05, 3.63) is 29.3 Å². The van der Waals surface area contributed by atoms with Crippen LogP contribution in [0.4, 0.5) is 0 Å². The first-order valence-electron chi connectivity index (χ1n) is 8.56. The number of ether oxygens (including phenoxy) is 1. The maximum atomic E-state index is 10.3. The standard InChI is InChI=1S/C18H32ClNO3Si/c1-14(11-18(2,3)4)20(23-24(5)6)12-16(21)13-22-17-9-7-8-15(19)10-17/h7-10,14,16,21,24H,11-13H2,1-6H3/t14-,16-/m1/s1. The molecule has 1 N–H and O–H groups in total. The van der Waals surface area contributed by atoms with Crippen molar-refractivity contribution in [1.82, 2.24) is 5.06 Å². The van der Waals surface area contributed by atoms with E-state index in [-0.39, 0.29) is 18.1 Å². The lowest BCUT2D eigenvalue weighted by atomic mass is 9.88. The Kier molecular flexibility index (Phi) is 8.74. The zero-order valence-electron chi connectivity index (χ0n) is 15.8. The summed E-state index contributed by atoms with van der Waals surface area (Å²) in [6.45, 7) is 13.7. The molecular weight excluding hydrogens is 342 g/mol. The van der Waals surface area contributed by atoms with Crippen LogP contribution < -0.4 is 4.74 Å². The van der Waals surface area contributed by atoms with Crippen LogP contribution in [-0.2, 0) is 4.53 Å². The van der Waals surface area contributed by atoms with Gasteiger partial charge in [-0.2, -0.15) is 5.06 Å². The zero-order chi connectivity index (χ0) is 18.3. The lowest BCUT2D eigenvalue weighted by Crippen LogP contribution is -2.44. The number of nitrogens with zero attached hydrogens (tertiary/aromatic N) is 1. The molecule has 0 bridgehead atoms. The van der Waals surface area contributed by atoms with Gasteiger partial charge >= 0.3 is 0 Å². The highest BCUT2D eigenvalue weighted by Crippen LogP contribution is 2.24. The fraction of sp³-hybridized carbons (Fsp3) is 0.667. The fourth-order valence-electron chi connectivity index (χ4n) is 2.60. The van der Waals surface area contributed by atoms with E-state index in [9.17, 15) is 5.11 Å². The number of hydrogen-bond acceptors (Lipinski definition) is 4. The highest BCUT2D eigenvalue weighted by Gasteiger charge is 2.24. The van der Waals surface area contributed by atoms with E-state index in [1.165, 1.54) is 0 Å². The molecule has 0 saturated heterocycles. The van der Waals surface area contributed by atoms with E-state index in [1.54, 1.807) is 12.1 Å². The van der Waals surface area contributed by atoms with Crippen LogP contribution in [0, 0.1) is 5.41 Å². The minimum Gasteiger partial charge on any atom is -0.491 e. The van der Waals surface area contributed by atoms with Crippen LogP contribution in [0.15, 0.2) is 24.3 Å². The van der Waals surface area contributed by atoms with Crippen molar-refractivity contribution in [3.8, 4) is 5.75 Å². The van der Waals surface area contributed by atoms with Crippen molar-refractivity contribution in [1.29, 1.82) is 0 Å². The number of aliphatic hydroxyl groups is 1. The van der Waals surface area contributed by atoms with Crippen LogP contribution in [0.1, 0.15) is 34.1 Å². The Morgan fingerprint density at radius 1 is 1.29 bits per heavy atom. The molecule has 4 nitrogen and oxygen atoms in total. The highest BCUT2D eigenvalue weighted by atomic mass is 35.5. The van der Waals surface area contributed by atoms with E-state index in [0.717, 1.165) is 6.42 Å². The van der Waals surface area contributed by atoms with Gasteiger partial charge in [0.15, 0.2) is 9.04 Å². The molecule has 0 fully saturated rings. The molecule has 0 spiro atoms. The maximum absolute atomic E-state index is 10.3. The van der Waals surface area contributed by atoms with Crippen molar-refractivity contribution in [2.24, 2.45) is 5.41 Å². The summed E-state index contributed by atoms with van der Waals surface area (Å²) >= 11 is 5.94. The number of hydrogen-bond donors (Lipinski definition) is 1. The Morgan fingerprint density at radius 3 is 2.50 bits per heavy atom. The molecule has 0 unspecified atom stereocenters. The van der Waals surface area contributed by atoms with Gasteiger partial charge in [-0.15, -0.1) is 0 Å². The summed E-state index contributed by atoms with van der Waals surface area (Å²) in [6, 6.07) is 7.43. The summed E-state index contributed by atoms with van der Waals surface area (Å²) in [6.07, 6.45) is 0.370. The van der Waals surface area contributed by atoms with E-state index < -0.39 is 15.1 Å². The topological polar surface area (TPSA) is 41.9 Å². The molecule has 0 radical (unpaired) electrons. The molecule has 138 valence electrons. The molecule has 0 aromatic heterocycles. The SMILES string of the molecule is C[C@H](CC(C)(C)C)N(C[C@@H](O)COc1cccc(Cl)c1)O[SiH](C)C. The van der Waals surface area contributed by atoms with Gasteiger partial charge in [-0.1, -0.05) is 38.4 Å². The van der Waals surface area contributed by atoms with E-state index in [1.807, 2.05) is 17.2 Å². The molecule has 1 rings (SSSR count). The lowest BCUT2D eigenvalue weighted by Gasteiger charge is -2.35. The van der Waals surface area contributed by atoms with Crippen LogP contribution >= 0.6 is 11.6 Å². The fourth-order valence-corrected chi connectivity index (χ4v) is 3.61. The van der Waals surface area contributed by atoms with Gasteiger partial charge in [0.1, 0.15) is 18.5 Å². The van der Waals surface area contributed by atoms with Gasteiger partial charge in [-0.25, -0.2) is 0 Å². The highest BCUT2D eigenvalue weighted by molar-refractivity contribution is 6.48. The van der Waals surface area contributed by atoms with Gasteiger partial charge in [0.05, 0.1) is 6.54 Å². The molecule has 0 amide bonds. The number of rotatable bonds is 9. The largest absolute Gasteiger partial charge is 0.491 e. The molecule has 0 aliphatic carbocycles. The first kappa shape index (κ1) is 21.4. The van der Waals surface area contributed by atoms with Crippen LogP contribution in [0.25, 0.3) is 0 Å². The molecule has 0 aliphatic heterocycles. The zero-order valence-corrected chi connectivity index (χ0v) is 17.7. The second-order valence-electron chi connectivity index (χ2n) is 7.79.